The number of aryl methyl sites for hydroxylation is 1. The van der Waals surface area contributed by atoms with E-state index in [1.807, 2.05) is 6.92 Å². The molecule has 15 heavy (non-hydrogen) atoms. The zero-order valence-electron chi connectivity index (χ0n) is 8.29. The summed E-state index contributed by atoms with van der Waals surface area (Å²) in [6, 6.07) is 5.24. The first kappa shape index (κ1) is 12.2. The van der Waals surface area contributed by atoms with Crippen LogP contribution in [-0.4, -0.2) is 24.2 Å². The van der Waals surface area contributed by atoms with Crippen LogP contribution in [0.2, 0.25) is 0 Å². The van der Waals surface area contributed by atoms with Gasteiger partial charge in [0.05, 0.1) is 13.2 Å². The standard InChI is InChI=1S/C10H12BrNO3/c1-7-6-8(2-3-9(7)11)10(14)12-15-5-4-13/h2-3,6,13H,4-5H2,1H3,(H,12,14). The third-order valence-corrected chi connectivity index (χ3v) is 2.67. The van der Waals surface area contributed by atoms with Gasteiger partial charge in [-0.2, -0.15) is 0 Å². The summed E-state index contributed by atoms with van der Waals surface area (Å²) in [6.45, 7) is 1.86. The minimum absolute atomic E-state index is 0.0846. The van der Waals surface area contributed by atoms with Crippen LogP contribution in [0, 0.1) is 6.92 Å². The molecule has 1 aromatic rings. The number of carbonyl (C=O) groups is 1. The summed E-state index contributed by atoms with van der Waals surface area (Å²) in [7, 11) is 0. The number of benzene rings is 1. The van der Waals surface area contributed by atoms with Crippen LogP contribution in [0.1, 0.15) is 15.9 Å². The van der Waals surface area contributed by atoms with E-state index in [9.17, 15) is 4.79 Å². The van der Waals surface area contributed by atoms with Crippen molar-refractivity contribution in [1.29, 1.82) is 0 Å². The second-order valence-electron chi connectivity index (χ2n) is 2.97. The van der Waals surface area contributed by atoms with Gasteiger partial charge in [-0.05, 0) is 30.7 Å². The second kappa shape index (κ2) is 5.85. The van der Waals surface area contributed by atoms with Crippen molar-refractivity contribution < 1.29 is 14.7 Å². The van der Waals surface area contributed by atoms with Crippen LogP contribution in [0.25, 0.3) is 0 Å². The first-order valence-electron chi connectivity index (χ1n) is 4.44. The molecule has 0 atom stereocenters. The highest BCUT2D eigenvalue weighted by molar-refractivity contribution is 9.10. The molecule has 0 saturated carbocycles. The molecule has 0 fully saturated rings. The number of amides is 1. The fourth-order valence-electron chi connectivity index (χ4n) is 1.01. The van der Waals surface area contributed by atoms with Gasteiger partial charge in [-0.15, -0.1) is 0 Å². The van der Waals surface area contributed by atoms with E-state index in [0.717, 1.165) is 10.0 Å². The minimum Gasteiger partial charge on any atom is -0.394 e. The normalized spacial score (nSPS) is 10.1. The number of carbonyl (C=O) groups excluding carboxylic acids is 1. The summed E-state index contributed by atoms with van der Waals surface area (Å²) in [5.41, 5.74) is 3.73. The van der Waals surface area contributed by atoms with E-state index in [2.05, 4.69) is 21.4 Å². The lowest BCUT2D eigenvalue weighted by atomic mass is 10.1. The van der Waals surface area contributed by atoms with Crippen LogP contribution in [0.4, 0.5) is 0 Å². The molecule has 0 spiro atoms. The van der Waals surface area contributed by atoms with E-state index < -0.39 is 0 Å². The van der Waals surface area contributed by atoms with E-state index >= 15 is 0 Å². The van der Waals surface area contributed by atoms with Crippen molar-refractivity contribution in [1.82, 2.24) is 5.48 Å². The zero-order chi connectivity index (χ0) is 11.3. The van der Waals surface area contributed by atoms with Crippen molar-refractivity contribution in [3.63, 3.8) is 0 Å². The van der Waals surface area contributed by atoms with Gasteiger partial charge in [0.15, 0.2) is 0 Å². The molecule has 0 aliphatic rings. The van der Waals surface area contributed by atoms with Gasteiger partial charge in [-0.1, -0.05) is 15.9 Å². The van der Waals surface area contributed by atoms with Crippen molar-refractivity contribution in [2.24, 2.45) is 0 Å². The number of hydroxylamine groups is 1. The Kier molecular flexibility index (Phi) is 4.74. The molecule has 0 aliphatic carbocycles. The van der Waals surface area contributed by atoms with Crippen LogP contribution in [0.3, 0.4) is 0 Å². The van der Waals surface area contributed by atoms with Crippen LogP contribution in [-0.2, 0) is 4.84 Å². The van der Waals surface area contributed by atoms with Gasteiger partial charge in [-0.25, -0.2) is 5.48 Å². The first-order chi connectivity index (χ1) is 7.15. The number of halogens is 1. The van der Waals surface area contributed by atoms with E-state index in [4.69, 9.17) is 9.94 Å². The fraction of sp³-hybridized carbons (Fsp3) is 0.300. The van der Waals surface area contributed by atoms with Gasteiger partial charge >= 0.3 is 0 Å². The molecule has 0 saturated heterocycles. The highest BCUT2D eigenvalue weighted by Gasteiger charge is 2.06. The topological polar surface area (TPSA) is 58.6 Å². The van der Waals surface area contributed by atoms with E-state index in [1.165, 1.54) is 0 Å². The molecule has 2 N–H and O–H groups in total. The third-order valence-electron chi connectivity index (χ3n) is 1.78. The van der Waals surface area contributed by atoms with Gasteiger partial charge < -0.3 is 5.11 Å². The summed E-state index contributed by atoms with van der Waals surface area (Å²) < 4.78 is 0.954. The highest BCUT2D eigenvalue weighted by atomic mass is 79.9. The predicted octanol–water partition coefficient (Wildman–Crippen LogP) is 1.41. The molecular weight excluding hydrogens is 262 g/mol. The van der Waals surface area contributed by atoms with Crippen LogP contribution < -0.4 is 5.48 Å². The summed E-state index contributed by atoms with van der Waals surface area (Å²) in [6.07, 6.45) is 0. The molecule has 1 amide bonds. The van der Waals surface area contributed by atoms with Gasteiger partial charge in [-0.3, -0.25) is 9.63 Å². The molecule has 0 aromatic heterocycles. The molecule has 0 heterocycles. The van der Waals surface area contributed by atoms with E-state index in [-0.39, 0.29) is 19.1 Å². The smallest absolute Gasteiger partial charge is 0.274 e. The Hall–Kier alpha value is -0.910. The molecule has 82 valence electrons. The largest absolute Gasteiger partial charge is 0.394 e. The quantitative estimate of drug-likeness (QED) is 0.644. The maximum Gasteiger partial charge on any atom is 0.274 e. The van der Waals surface area contributed by atoms with Crippen molar-refractivity contribution in [3.05, 3.63) is 33.8 Å². The average Bonchev–Trinajstić information content (AvgIpc) is 2.22. The minimum atomic E-state index is -0.320. The van der Waals surface area contributed by atoms with Crippen LogP contribution in [0.5, 0.6) is 0 Å². The summed E-state index contributed by atoms with van der Waals surface area (Å²) in [5.74, 6) is -0.320. The summed E-state index contributed by atoms with van der Waals surface area (Å²) in [5, 5.41) is 8.45. The maximum atomic E-state index is 11.4. The molecule has 0 unspecified atom stereocenters. The fourth-order valence-corrected chi connectivity index (χ4v) is 1.25. The zero-order valence-corrected chi connectivity index (χ0v) is 9.87. The lowest BCUT2D eigenvalue weighted by Crippen LogP contribution is -2.25. The molecule has 0 aliphatic heterocycles. The molecule has 1 rings (SSSR count). The Balaban J connectivity index is 2.62. The number of aliphatic hydroxyl groups excluding tert-OH is 1. The Morgan fingerprint density at radius 2 is 2.33 bits per heavy atom. The molecule has 0 bridgehead atoms. The van der Waals surface area contributed by atoms with Gasteiger partial charge in [0.1, 0.15) is 0 Å². The van der Waals surface area contributed by atoms with Gasteiger partial charge in [0.25, 0.3) is 5.91 Å². The monoisotopic (exact) mass is 273 g/mol. The van der Waals surface area contributed by atoms with E-state index in [0.29, 0.717) is 5.56 Å². The van der Waals surface area contributed by atoms with Crippen molar-refractivity contribution in [2.45, 2.75) is 6.92 Å². The Morgan fingerprint density at radius 3 is 2.93 bits per heavy atom. The van der Waals surface area contributed by atoms with Crippen molar-refractivity contribution >= 4 is 21.8 Å². The number of hydrogen-bond donors (Lipinski definition) is 2. The van der Waals surface area contributed by atoms with Crippen molar-refractivity contribution in [3.8, 4) is 0 Å². The third kappa shape index (κ3) is 3.62. The van der Waals surface area contributed by atoms with Crippen LogP contribution in [0.15, 0.2) is 22.7 Å². The first-order valence-corrected chi connectivity index (χ1v) is 5.23. The number of hydrogen-bond acceptors (Lipinski definition) is 3. The van der Waals surface area contributed by atoms with Crippen molar-refractivity contribution in [2.75, 3.05) is 13.2 Å². The summed E-state index contributed by atoms with van der Waals surface area (Å²) in [4.78, 5) is 16.2. The van der Waals surface area contributed by atoms with E-state index in [1.54, 1.807) is 18.2 Å². The molecule has 5 heteroatoms. The van der Waals surface area contributed by atoms with Gasteiger partial charge in [0, 0.05) is 10.0 Å². The maximum absolute atomic E-state index is 11.4. The number of rotatable bonds is 4. The van der Waals surface area contributed by atoms with Crippen LogP contribution >= 0.6 is 15.9 Å². The molecule has 1 aromatic carbocycles. The second-order valence-corrected chi connectivity index (χ2v) is 3.82. The number of nitrogens with one attached hydrogen (secondary N) is 1. The van der Waals surface area contributed by atoms with Gasteiger partial charge in [0.2, 0.25) is 0 Å². The SMILES string of the molecule is Cc1cc(C(=O)NOCCO)ccc1Br. The Labute approximate surface area is 96.3 Å². The predicted molar refractivity (Wildman–Crippen MR) is 59.4 cm³/mol. The average molecular weight is 274 g/mol. The molecule has 4 nitrogen and oxygen atoms in total. The highest BCUT2D eigenvalue weighted by Crippen LogP contribution is 2.16. The summed E-state index contributed by atoms with van der Waals surface area (Å²) >= 11 is 3.35. The lowest BCUT2D eigenvalue weighted by Gasteiger charge is -2.05. The Bertz CT molecular complexity index is 355. The lowest BCUT2D eigenvalue weighted by molar-refractivity contribution is 0.0168. The Morgan fingerprint density at radius 1 is 1.60 bits per heavy atom. The molecular formula is C10H12BrNO3. The molecule has 0 radical (unpaired) electrons. The number of aliphatic hydroxyl groups is 1.